The van der Waals surface area contributed by atoms with Crippen molar-refractivity contribution in [2.24, 2.45) is 0 Å². The number of benzene rings is 2. The summed E-state index contributed by atoms with van der Waals surface area (Å²) in [6.07, 6.45) is 1.01. The zero-order valence-corrected chi connectivity index (χ0v) is 14.9. The predicted molar refractivity (Wildman–Crippen MR) is 103 cm³/mol. The van der Waals surface area contributed by atoms with Crippen molar-refractivity contribution in [1.29, 1.82) is 5.26 Å². The number of hydrogen-bond donors (Lipinski definition) is 1. The van der Waals surface area contributed by atoms with Gasteiger partial charge >= 0.3 is 0 Å². The molecule has 0 aromatic heterocycles. The molecular weight excluding hydrogens is 330 g/mol. The molecule has 128 valence electrons. The van der Waals surface area contributed by atoms with Gasteiger partial charge in [-0.2, -0.15) is 17.0 Å². The summed E-state index contributed by atoms with van der Waals surface area (Å²) >= 11 is 1.73. The van der Waals surface area contributed by atoms with Crippen molar-refractivity contribution in [3.8, 4) is 6.07 Å². The van der Waals surface area contributed by atoms with Gasteiger partial charge in [0.25, 0.3) is 0 Å². The summed E-state index contributed by atoms with van der Waals surface area (Å²) in [5.74, 6) is 1.69. The Balaban J connectivity index is 1.37. The molecule has 0 radical (unpaired) electrons. The van der Waals surface area contributed by atoms with E-state index >= 15 is 0 Å². The highest BCUT2D eigenvalue weighted by Gasteiger charge is 2.20. The Bertz CT molecular complexity index is 785. The number of nitrogens with zero attached hydrogens (tertiary/aromatic N) is 2. The van der Waals surface area contributed by atoms with Gasteiger partial charge in [0.15, 0.2) is 0 Å². The SMILES string of the molecule is N#Cc1ccccc1CSCCNC(=O)CN1CCc2ccccc21. The second-order valence-electron chi connectivity index (χ2n) is 5.97. The number of nitrogens with one attached hydrogen (secondary N) is 1. The van der Waals surface area contributed by atoms with Crippen LogP contribution < -0.4 is 10.2 Å². The first-order valence-corrected chi connectivity index (χ1v) is 9.58. The molecule has 2 aromatic rings. The van der Waals surface area contributed by atoms with E-state index in [1.807, 2.05) is 36.4 Å². The highest BCUT2D eigenvalue weighted by molar-refractivity contribution is 7.98. The van der Waals surface area contributed by atoms with Gasteiger partial charge in [0.2, 0.25) is 5.91 Å². The lowest BCUT2D eigenvalue weighted by Gasteiger charge is -2.18. The summed E-state index contributed by atoms with van der Waals surface area (Å²) in [5.41, 5.74) is 4.28. The minimum absolute atomic E-state index is 0.0646. The third-order valence-corrected chi connectivity index (χ3v) is 5.29. The lowest BCUT2D eigenvalue weighted by Crippen LogP contribution is -2.37. The smallest absolute Gasteiger partial charge is 0.239 e. The monoisotopic (exact) mass is 351 g/mol. The molecule has 0 bridgehead atoms. The third kappa shape index (κ3) is 4.55. The number of hydrogen-bond acceptors (Lipinski definition) is 4. The largest absolute Gasteiger partial charge is 0.362 e. The maximum atomic E-state index is 12.1. The van der Waals surface area contributed by atoms with Crippen molar-refractivity contribution in [2.75, 3.05) is 30.3 Å². The second-order valence-corrected chi connectivity index (χ2v) is 7.08. The standard InChI is InChI=1S/C20H21N3OS/c21-13-17-6-1-2-7-18(17)15-25-12-10-22-20(24)14-23-11-9-16-5-3-4-8-19(16)23/h1-8H,9-12,14-15H2,(H,22,24). The summed E-state index contributed by atoms with van der Waals surface area (Å²) in [6.45, 7) is 1.97. The van der Waals surface area contributed by atoms with Crippen LogP contribution >= 0.6 is 11.8 Å². The Hall–Kier alpha value is -2.45. The zero-order chi connectivity index (χ0) is 17.5. The van der Waals surface area contributed by atoms with Gasteiger partial charge in [0.05, 0.1) is 18.2 Å². The fourth-order valence-corrected chi connectivity index (χ4v) is 3.86. The van der Waals surface area contributed by atoms with Gasteiger partial charge in [-0.05, 0) is 29.7 Å². The molecular formula is C20H21N3OS. The van der Waals surface area contributed by atoms with Crippen LogP contribution in [0.3, 0.4) is 0 Å². The van der Waals surface area contributed by atoms with Crippen molar-refractivity contribution >= 4 is 23.4 Å². The number of para-hydroxylation sites is 1. The average molecular weight is 351 g/mol. The van der Waals surface area contributed by atoms with E-state index in [0.29, 0.717) is 13.1 Å². The Kier molecular flexibility index (Phi) is 5.97. The van der Waals surface area contributed by atoms with Crippen LogP contribution in [0, 0.1) is 11.3 Å². The maximum absolute atomic E-state index is 12.1. The van der Waals surface area contributed by atoms with Crippen molar-refractivity contribution in [3.63, 3.8) is 0 Å². The summed E-state index contributed by atoms with van der Waals surface area (Å²) in [7, 11) is 0. The lowest BCUT2D eigenvalue weighted by atomic mass is 10.1. The summed E-state index contributed by atoms with van der Waals surface area (Å²) in [4.78, 5) is 14.3. The van der Waals surface area contributed by atoms with Crippen LogP contribution in [-0.2, 0) is 17.0 Å². The van der Waals surface area contributed by atoms with E-state index in [4.69, 9.17) is 5.26 Å². The van der Waals surface area contributed by atoms with Crippen LogP contribution in [0.5, 0.6) is 0 Å². The van der Waals surface area contributed by atoms with E-state index in [9.17, 15) is 4.79 Å². The van der Waals surface area contributed by atoms with Gasteiger partial charge in [-0.1, -0.05) is 36.4 Å². The van der Waals surface area contributed by atoms with Crippen LogP contribution in [0.1, 0.15) is 16.7 Å². The van der Waals surface area contributed by atoms with E-state index in [2.05, 4.69) is 28.4 Å². The second kappa shape index (κ2) is 8.59. The van der Waals surface area contributed by atoms with Crippen molar-refractivity contribution in [3.05, 3.63) is 65.2 Å². The minimum atomic E-state index is 0.0646. The summed E-state index contributed by atoms with van der Waals surface area (Å²) in [5, 5.41) is 12.1. The van der Waals surface area contributed by atoms with E-state index in [0.717, 1.165) is 35.6 Å². The summed E-state index contributed by atoms with van der Waals surface area (Å²) < 4.78 is 0. The molecule has 0 fully saturated rings. The first kappa shape index (κ1) is 17.4. The average Bonchev–Trinajstić information content (AvgIpc) is 3.05. The van der Waals surface area contributed by atoms with Crippen molar-refractivity contribution < 1.29 is 4.79 Å². The number of anilines is 1. The van der Waals surface area contributed by atoms with E-state index in [1.54, 1.807) is 11.8 Å². The van der Waals surface area contributed by atoms with Gasteiger partial charge in [-0.25, -0.2) is 0 Å². The third-order valence-electron chi connectivity index (χ3n) is 4.28. The Morgan fingerprint density at radius 2 is 2.00 bits per heavy atom. The van der Waals surface area contributed by atoms with Gasteiger partial charge < -0.3 is 10.2 Å². The molecule has 1 N–H and O–H groups in total. The van der Waals surface area contributed by atoms with Gasteiger partial charge in [0, 0.05) is 30.3 Å². The number of carbonyl (C=O) groups excluding carboxylic acids is 1. The Labute approximate surface area is 152 Å². The number of nitriles is 1. The molecule has 1 aliphatic rings. The molecule has 3 rings (SSSR count). The lowest BCUT2D eigenvalue weighted by molar-refractivity contribution is -0.119. The normalized spacial score (nSPS) is 12.5. The molecule has 0 unspecified atom stereocenters. The number of fused-ring (bicyclic) bond motifs is 1. The van der Waals surface area contributed by atoms with Crippen molar-refractivity contribution in [2.45, 2.75) is 12.2 Å². The first-order valence-electron chi connectivity index (χ1n) is 8.43. The van der Waals surface area contributed by atoms with E-state index in [1.165, 1.54) is 11.3 Å². The maximum Gasteiger partial charge on any atom is 0.239 e. The van der Waals surface area contributed by atoms with E-state index < -0.39 is 0 Å². The Morgan fingerprint density at radius 1 is 1.20 bits per heavy atom. The molecule has 0 atom stereocenters. The number of carbonyl (C=O) groups is 1. The van der Waals surface area contributed by atoms with Gasteiger partial charge in [-0.15, -0.1) is 0 Å². The Morgan fingerprint density at radius 3 is 2.88 bits per heavy atom. The fourth-order valence-electron chi connectivity index (χ4n) is 3.00. The molecule has 1 heterocycles. The predicted octanol–water partition coefficient (Wildman–Crippen LogP) is 2.97. The molecule has 0 saturated carbocycles. The van der Waals surface area contributed by atoms with Crippen molar-refractivity contribution in [1.82, 2.24) is 5.32 Å². The highest BCUT2D eigenvalue weighted by Crippen LogP contribution is 2.26. The van der Waals surface area contributed by atoms with E-state index in [-0.39, 0.29) is 5.91 Å². The van der Waals surface area contributed by atoms with Crippen LogP contribution in [0.4, 0.5) is 5.69 Å². The minimum Gasteiger partial charge on any atom is -0.362 e. The van der Waals surface area contributed by atoms with Crippen LogP contribution in [-0.4, -0.2) is 31.3 Å². The van der Waals surface area contributed by atoms with Gasteiger partial charge in [0.1, 0.15) is 0 Å². The number of thioether (sulfide) groups is 1. The van der Waals surface area contributed by atoms with Gasteiger partial charge in [-0.3, -0.25) is 4.79 Å². The molecule has 2 aromatic carbocycles. The fraction of sp³-hybridized carbons (Fsp3) is 0.300. The van der Waals surface area contributed by atoms with Crippen LogP contribution in [0.15, 0.2) is 48.5 Å². The van der Waals surface area contributed by atoms with Crippen LogP contribution in [0.2, 0.25) is 0 Å². The van der Waals surface area contributed by atoms with Crippen LogP contribution in [0.25, 0.3) is 0 Å². The zero-order valence-electron chi connectivity index (χ0n) is 14.1. The molecule has 1 amide bonds. The first-order chi connectivity index (χ1) is 12.3. The molecule has 0 spiro atoms. The summed E-state index contributed by atoms with van der Waals surface area (Å²) in [6, 6.07) is 18.1. The molecule has 5 heteroatoms. The molecule has 0 aliphatic carbocycles. The molecule has 1 aliphatic heterocycles. The highest BCUT2D eigenvalue weighted by atomic mass is 32.2. The number of amides is 1. The molecule has 25 heavy (non-hydrogen) atoms. The topological polar surface area (TPSA) is 56.1 Å². The quantitative estimate of drug-likeness (QED) is 0.779. The molecule has 0 saturated heterocycles. The molecule has 4 nitrogen and oxygen atoms in total. The number of rotatable bonds is 7.